The summed E-state index contributed by atoms with van der Waals surface area (Å²) in [6.45, 7) is 4.17. The molecular formula is C18H34O3. The Bertz CT molecular complexity index is 278. The number of esters is 1. The molecule has 124 valence electrons. The third-order valence-electron chi connectivity index (χ3n) is 4.62. The van der Waals surface area contributed by atoms with Crippen LogP contribution in [-0.4, -0.2) is 23.3 Å². The van der Waals surface area contributed by atoms with Crippen LogP contribution in [0.25, 0.3) is 0 Å². The summed E-state index contributed by atoms with van der Waals surface area (Å²) in [7, 11) is 0. The average molecular weight is 298 g/mol. The molecule has 21 heavy (non-hydrogen) atoms. The van der Waals surface area contributed by atoms with Crippen LogP contribution in [0.2, 0.25) is 0 Å². The van der Waals surface area contributed by atoms with Crippen LogP contribution in [0.1, 0.15) is 90.9 Å². The minimum Gasteiger partial charge on any atom is -0.462 e. The largest absolute Gasteiger partial charge is 0.462 e. The molecule has 0 amide bonds. The van der Waals surface area contributed by atoms with Crippen molar-refractivity contribution in [1.82, 2.24) is 0 Å². The van der Waals surface area contributed by atoms with Gasteiger partial charge in [-0.25, -0.2) is 0 Å². The summed E-state index contributed by atoms with van der Waals surface area (Å²) in [5, 5.41) is 9.95. The summed E-state index contributed by atoms with van der Waals surface area (Å²) < 4.78 is 5.43. The number of carbonyl (C=O) groups is 1. The van der Waals surface area contributed by atoms with Crippen molar-refractivity contribution in [2.45, 2.75) is 103 Å². The first kappa shape index (κ1) is 18.5. The molecule has 0 radical (unpaired) electrons. The number of aliphatic hydroxyl groups is 1. The molecule has 0 spiro atoms. The lowest BCUT2D eigenvalue weighted by molar-refractivity contribution is -0.170. The van der Waals surface area contributed by atoms with Crippen LogP contribution in [0.5, 0.6) is 0 Å². The van der Waals surface area contributed by atoms with Crippen molar-refractivity contribution in [2.24, 2.45) is 5.92 Å². The second-order valence-electron chi connectivity index (χ2n) is 6.49. The van der Waals surface area contributed by atoms with Gasteiger partial charge < -0.3 is 9.84 Å². The second-order valence-corrected chi connectivity index (χ2v) is 6.49. The maximum Gasteiger partial charge on any atom is 0.311 e. The van der Waals surface area contributed by atoms with Gasteiger partial charge in [0.05, 0.1) is 12.0 Å². The molecule has 0 aromatic carbocycles. The SMILES string of the molecule is CCCCCCCCCCC[C@@H]1C[C@H](O)[C@H](CC)C(=O)O1. The van der Waals surface area contributed by atoms with Crippen LogP contribution in [0.15, 0.2) is 0 Å². The first-order valence-electron chi connectivity index (χ1n) is 9.07. The molecule has 3 nitrogen and oxygen atoms in total. The summed E-state index contributed by atoms with van der Waals surface area (Å²) in [6, 6.07) is 0. The van der Waals surface area contributed by atoms with E-state index in [2.05, 4.69) is 6.92 Å². The third-order valence-corrected chi connectivity index (χ3v) is 4.62. The van der Waals surface area contributed by atoms with Crippen LogP contribution in [0.4, 0.5) is 0 Å². The Kier molecular flexibility index (Phi) is 9.73. The minimum absolute atomic E-state index is 0.0557. The van der Waals surface area contributed by atoms with Gasteiger partial charge in [0.1, 0.15) is 6.10 Å². The van der Waals surface area contributed by atoms with E-state index in [1.165, 1.54) is 51.4 Å². The Labute approximate surface area is 130 Å². The van der Waals surface area contributed by atoms with Crippen molar-refractivity contribution in [1.29, 1.82) is 0 Å². The molecule has 1 fully saturated rings. The fourth-order valence-corrected chi connectivity index (χ4v) is 3.19. The maximum absolute atomic E-state index is 11.7. The van der Waals surface area contributed by atoms with Gasteiger partial charge in [0.25, 0.3) is 0 Å². The molecule has 0 aromatic heterocycles. The van der Waals surface area contributed by atoms with Crippen LogP contribution in [0.3, 0.4) is 0 Å². The highest BCUT2D eigenvalue weighted by molar-refractivity contribution is 5.74. The molecule has 3 atom stereocenters. The molecule has 0 saturated carbocycles. The van der Waals surface area contributed by atoms with Gasteiger partial charge in [-0.3, -0.25) is 4.79 Å². The predicted octanol–water partition coefficient (Wildman–Crippen LogP) is 4.61. The number of carbonyl (C=O) groups excluding carboxylic acids is 1. The second kappa shape index (κ2) is 11.1. The normalized spacial score (nSPS) is 25.9. The third kappa shape index (κ3) is 7.30. The Balaban J connectivity index is 2.00. The van der Waals surface area contributed by atoms with Crippen LogP contribution in [0, 0.1) is 5.92 Å². The molecular weight excluding hydrogens is 264 g/mol. The number of cyclic esters (lactones) is 1. The van der Waals surface area contributed by atoms with Crippen molar-refractivity contribution >= 4 is 5.97 Å². The zero-order valence-corrected chi connectivity index (χ0v) is 14.0. The Morgan fingerprint density at radius 1 is 1.00 bits per heavy atom. The summed E-state index contributed by atoms with van der Waals surface area (Å²) in [4.78, 5) is 11.7. The molecule has 0 bridgehead atoms. The van der Waals surface area contributed by atoms with E-state index < -0.39 is 6.10 Å². The van der Waals surface area contributed by atoms with Gasteiger partial charge in [0.15, 0.2) is 0 Å². The number of hydrogen-bond acceptors (Lipinski definition) is 3. The number of ether oxygens (including phenoxy) is 1. The van der Waals surface area contributed by atoms with Gasteiger partial charge in [-0.1, -0.05) is 65.2 Å². The van der Waals surface area contributed by atoms with Gasteiger partial charge in [0.2, 0.25) is 0 Å². The van der Waals surface area contributed by atoms with Gasteiger partial charge in [-0.2, -0.15) is 0 Å². The number of hydrogen-bond donors (Lipinski definition) is 1. The molecule has 1 heterocycles. The first-order valence-corrected chi connectivity index (χ1v) is 9.07. The highest BCUT2D eigenvalue weighted by atomic mass is 16.5. The van der Waals surface area contributed by atoms with Crippen molar-refractivity contribution in [2.75, 3.05) is 0 Å². The zero-order valence-electron chi connectivity index (χ0n) is 14.0. The Hall–Kier alpha value is -0.570. The summed E-state index contributed by atoms with van der Waals surface area (Å²) in [5.74, 6) is -0.499. The fraction of sp³-hybridized carbons (Fsp3) is 0.944. The summed E-state index contributed by atoms with van der Waals surface area (Å²) in [6.07, 6.45) is 13.4. The standard InChI is InChI=1S/C18H34O3/c1-3-5-6-7-8-9-10-11-12-13-15-14-17(19)16(4-2)18(20)21-15/h15-17,19H,3-14H2,1-2H3/t15-,16+,17+/m1/s1. The topological polar surface area (TPSA) is 46.5 Å². The van der Waals surface area contributed by atoms with E-state index in [1.807, 2.05) is 6.92 Å². The molecule has 3 heteroatoms. The highest BCUT2D eigenvalue weighted by Gasteiger charge is 2.35. The van der Waals surface area contributed by atoms with E-state index >= 15 is 0 Å². The van der Waals surface area contributed by atoms with Crippen molar-refractivity contribution in [3.05, 3.63) is 0 Å². The van der Waals surface area contributed by atoms with Gasteiger partial charge in [-0.15, -0.1) is 0 Å². The van der Waals surface area contributed by atoms with Gasteiger partial charge >= 0.3 is 5.97 Å². The van der Waals surface area contributed by atoms with E-state index in [0.29, 0.717) is 12.8 Å². The fourth-order valence-electron chi connectivity index (χ4n) is 3.19. The lowest BCUT2D eigenvalue weighted by atomic mass is 9.90. The molecule has 1 N–H and O–H groups in total. The quantitative estimate of drug-likeness (QED) is 0.447. The monoisotopic (exact) mass is 298 g/mol. The lowest BCUT2D eigenvalue weighted by Crippen LogP contribution is -2.40. The summed E-state index contributed by atoms with van der Waals surface area (Å²) in [5.41, 5.74) is 0. The smallest absolute Gasteiger partial charge is 0.311 e. The van der Waals surface area contributed by atoms with Crippen LogP contribution in [-0.2, 0) is 9.53 Å². The van der Waals surface area contributed by atoms with Crippen LogP contribution >= 0.6 is 0 Å². The number of aliphatic hydroxyl groups excluding tert-OH is 1. The van der Waals surface area contributed by atoms with Crippen molar-refractivity contribution in [3.8, 4) is 0 Å². The molecule has 1 aliphatic heterocycles. The molecule has 0 aliphatic carbocycles. The lowest BCUT2D eigenvalue weighted by Gasteiger charge is -2.31. The minimum atomic E-state index is -0.500. The average Bonchev–Trinajstić information content (AvgIpc) is 2.45. The Morgan fingerprint density at radius 3 is 2.10 bits per heavy atom. The molecule has 1 aliphatic rings. The van der Waals surface area contributed by atoms with Gasteiger partial charge in [0, 0.05) is 6.42 Å². The van der Waals surface area contributed by atoms with E-state index in [4.69, 9.17) is 4.74 Å². The van der Waals surface area contributed by atoms with E-state index in [9.17, 15) is 9.90 Å². The zero-order chi connectivity index (χ0) is 15.5. The maximum atomic E-state index is 11.7. The molecule has 1 saturated heterocycles. The highest BCUT2D eigenvalue weighted by Crippen LogP contribution is 2.26. The van der Waals surface area contributed by atoms with E-state index in [-0.39, 0.29) is 18.0 Å². The molecule has 1 rings (SSSR count). The van der Waals surface area contributed by atoms with E-state index in [0.717, 1.165) is 12.8 Å². The van der Waals surface area contributed by atoms with Crippen molar-refractivity contribution < 1.29 is 14.6 Å². The summed E-state index contributed by atoms with van der Waals surface area (Å²) >= 11 is 0. The van der Waals surface area contributed by atoms with E-state index in [1.54, 1.807) is 0 Å². The predicted molar refractivity (Wildman–Crippen MR) is 86.1 cm³/mol. The number of rotatable bonds is 11. The number of unbranched alkanes of at least 4 members (excludes halogenated alkanes) is 8. The first-order chi connectivity index (χ1) is 10.2. The Morgan fingerprint density at radius 2 is 1.57 bits per heavy atom. The molecule has 0 aromatic rings. The van der Waals surface area contributed by atoms with Gasteiger partial charge in [-0.05, 0) is 19.3 Å². The van der Waals surface area contributed by atoms with Crippen LogP contribution < -0.4 is 0 Å². The molecule has 0 unspecified atom stereocenters. The van der Waals surface area contributed by atoms with Crippen molar-refractivity contribution in [3.63, 3.8) is 0 Å².